The molecular formula is C16H22N2O2. The van der Waals surface area contributed by atoms with Crippen LogP contribution in [0.5, 0.6) is 0 Å². The molecular weight excluding hydrogens is 252 g/mol. The molecule has 3 N–H and O–H groups in total. The molecule has 0 saturated heterocycles. The summed E-state index contributed by atoms with van der Waals surface area (Å²) in [6.45, 7) is 6.48. The molecule has 108 valence electrons. The van der Waals surface area contributed by atoms with Gasteiger partial charge >= 0.3 is 6.09 Å². The van der Waals surface area contributed by atoms with Gasteiger partial charge in [0.2, 0.25) is 0 Å². The van der Waals surface area contributed by atoms with Crippen molar-refractivity contribution in [1.82, 2.24) is 5.32 Å². The van der Waals surface area contributed by atoms with Crippen LogP contribution >= 0.6 is 0 Å². The van der Waals surface area contributed by atoms with Crippen molar-refractivity contribution in [3.05, 3.63) is 35.4 Å². The Morgan fingerprint density at radius 2 is 2.15 bits per heavy atom. The van der Waals surface area contributed by atoms with Crippen molar-refractivity contribution in [2.75, 3.05) is 6.54 Å². The monoisotopic (exact) mass is 274 g/mol. The van der Waals surface area contributed by atoms with Crippen LogP contribution < -0.4 is 11.1 Å². The van der Waals surface area contributed by atoms with Gasteiger partial charge in [0.1, 0.15) is 5.60 Å². The first-order valence-electron chi connectivity index (χ1n) is 6.65. The summed E-state index contributed by atoms with van der Waals surface area (Å²) in [5.41, 5.74) is 6.80. The Kier molecular flexibility index (Phi) is 6.08. The highest BCUT2D eigenvalue weighted by atomic mass is 16.6. The topological polar surface area (TPSA) is 64.3 Å². The van der Waals surface area contributed by atoms with E-state index >= 15 is 0 Å². The number of amides is 1. The highest BCUT2D eigenvalue weighted by Gasteiger charge is 2.15. The summed E-state index contributed by atoms with van der Waals surface area (Å²) < 4.78 is 5.18. The zero-order valence-electron chi connectivity index (χ0n) is 12.3. The Balaban J connectivity index is 2.55. The summed E-state index contributed by atoms with van der Waals surface area (Å²) in [5.74, 6) is 6.03. The second-order valence-electron chi connectivity index (χ2n) is 5.40. The molecule has 0 saturated carbocycles. The van der Waals surface area contributed by atoms with E-state index in [2.05, 4.69) is 17.2 Å². The first-order chi connectivity index (χ1) is 9.40. The first-order valence-corrected chi connectivity index (χ1v) is 6.65. The lowest BCUT2D eigenvalue weighted by Crippen LogP contribution is -2.32. The van der Waals surface area contributed by atoms with Crippen LogP contribution in [0.25, 0.3) is 0 Å². The average Bonchev–Trinajstić information content (AvgIpc) is 2.35. The van der Waals surface area contributed by atoms with Crippen LogP contribution in [0, 0.1) is 11.8 Å². The fraction of sp³-hybridized carbons (Fsp3) is 0.438. The van der Waals surface area contributed by atoms with E-state index in [0.717, 1.165) is 11.1 Å². The smallest absolute Gasteiger partial charge is 0.407 e. The maximum Gasteiger partial charge on any atom is 0.407 e. The highest BCUT2D eigenvalue weighted by Crippen LogP contribution is 2.08. The fourth-order valence-electron chi connectivity index (χ4n) is 1.48. The van der Waals surface area contributed by atoms with Crippen molar-refractivity contribution in [2.24, 2.45) is 5.73 Å². The minimum absolute atomic E-state index is 0.418. The van der Waals surface area contributed by atoms with E-state index in [4.69, 9.17) is 10.5 Å². The van der Waals surface area contributed by atoms with Gasteiger partial charge in [-0.1, -0.05) is 24.0 Å². The molecule has 4 heteroatoms. The van der Waals surface area contributed by atoms with E-state index in [-0.39, 0.29) is 0 Å². The van der Waals surface area contributed by atoms with Crippen LogP contribution in [-0.4, -0.2) is 18.2 Å². The molecule has 1 aromatic carbocycles. The molecule has 0 unspecified atom stereocenters. The van der Waals surface area contributed by atoms with Gasteiger partial charge in [-0.05, 0) is 38.5 Å². The molecule has 0 heterocycles. The lowest BCUT2D eigenvalue weighted by molar-refractivity contribution is 0.0523. The summed E-state index contributed by atoms with van der Waals surface area (Å²) in [6.07, 6.45) is 0.262. The predicted octanol–water partition coefficient (Wildman–Crippen LogP) is 2.41. The Morgan fingerprint density at radius 1 is 1.40 bits per heavy atom. The molecule has 0 radical (unpaired) electrons. The van der Waals surface area contributed by atoms with Crippen molar-refractivity contribution in [1.29, 1.82) is 0 Å². The van der Waals surface area contributed by atoms with Gasteiger partial charge in [0.25, 0.3) is 0 Å². The number of hydrogen-bond donors (Lipinski definition) is 2. The standard InChI is InChI=1S/C16H22N2O2/c1-16(2,3)20-15(19)18-12-14-9-6-8-13(11-14)7-4-5-10-17/h6,8-9,11H,5,10,12,17H2,1-3H3,(H,18,19). The number of benzene rings is 1. The van der Waals surface area contributed by atoms with Crippen LogP contribution in [0.3, 0.4) is 0 Å². The minimum atomic E-state index is -0.486. The third-order valence-electron chi connectivity index (χ3n) is 2.26. The molecule has 0 fully saturated rings. The summed E-state index contributed by atoms with van der Waals surface area (Å²) in [6, 6.07) is 7.73. The molecule has 0 atom stereocenters. The molecule has 1 rings (SSSR count). The van der Waals surface area contributed by atoms with Crippen LogP contribution in [-0.2, 0) is 11.3 Å². The van der Waals surface area contributed by atoms with Gasteiger partial charge in [-0.3, -0.25) is 0 Å². The second-order valence-corrected chi connectivity index (χ2v) is 5.40. The van der Waals surface area contributed by atoms with Crippen LogP contribution in [0.1, 0.15) is 38.3 Å². The molecule has 4 nitrogen and oxygen atoms in total. The van der Waals surface area contributed by atoms with E-state index in [9.17, 15) is 4.79 Å². The van der Waals surface area contributed by atoms with Gasteiger partial charge in [0.15, 0.2) is 0 Å². The number of nitrogens with one attached hydrogen (secondary N) is 1. The number of rotatable bonds is 3. The highest BCUT2D eigenvalue weighted by molar-refractivity contribution is 5.67. The lowest BCUT2D eigenvalue weighted by atomic mass is 10.1. The maximum atomic E-state index is 11.6. The van der Waals surface area contributed by atoms with Gasteiger partial charge < -0.3 is 15.8 Å². The molecule has 1 aromatic rings. The summed E-state index contributed by atoms with van der Waals surface area (Å²) in [5, 5.41) is 2.72. The SMILES string of the molecule is CC(C)(C)OC(=O)NCc1cccc(C#CCCN)c1. The molecule has 0 aromatic heterocycles. The van der Waals surface area contributed by atoms with E-state index < -0.39 is 11.7 Å². The fourth-order valence-corrected chi connectivity index (χ4v) is 1.48. The van der Waals surface area contributed by atoms with Crippen molar-refractivity contribution in [3.8, 4) is 11.8 Å². The molecule has 0 aliphatic carbocycles. The third kappa shape index (κ3) is 6.81. The second kappa shape index (κ2) is 7.56. The molecule has 0 aliphatic heterocycles. The first kappa shape index (κ1) is 16.1. The molecule has 1 amide bonds. The Bertz CT molecular complexity index is 507. The number of carbonyl (C=O) groups excluding carboxylic acids is 1. The van der Waals surface area contributed by atoms with Crippen molar-refractivity contribution in [3.63, 3.8) is 0 Å². The maximum absolute atomic E-state index is 11.6. The van der Waals surface area contributed by atoms with Crippen LogP contribution in [0.4, 0.5) is 4.79 Å². The molecule has 0 spiro atoms. The zero-order valence-corrected chi connectivity index (χ0v) is 12.3. The predicted molar refractivity (Wildman–Crippen MR) is 80.1 cm³/mol. The quantitative estimate of drug-likeness (QED) is 0.832. The van der Waals surface area contributed by atoms with Crippen molar-refractivity contribution in [2.45, 2.75) is 39.3 Å². The Hall–Kier alpha value is -1.99. The largest absolute Gasteiger partial charge is 0.444 e. The summed E-state index contributed by atoms with van der Waals surface area (Å²) in [7, 11) is 0. The Morgan fingerprint density at radius 3 is 2.80 bits per heavy atom. The van der Waals surface area contributed by atoms with Crippen molar-refractivity contribution >= 4 is 6.09 Å². The van der Waals surface area contributed by atoms with Gasteiger partial charge in [-0.25, -0.2) is 4.79 Å². The van der Waals surface area contributed by atoms with Crippen molar-refractivity contribution < 1.29 is 9.53 Å². The Labute approximate surface area is 120 Å². The molecule has 20 heavy (non-hydrogen) atoms. The number of nitrogens with two attached hydrogens (primary N) is 1. The summed E-state index contributed by atoms with van der Waals surface area (Å²) in [4.78, 5) is 11.6. The van der Waals surface area contributed by atoms with Gasteiger partial charge in [0, 0.05) is 25.1 Å². The van der Waals surface area contributed by atoms with E-state index in [1.54, 1.807) is 0 Å². The van der Waals surface area contributed by atoms with Gasteiger partial charge in [-0.15, -0.1) is 0 Å². The normalized spacial score (nSPS) is 10.4. The third-order valence-corrected chi connectivity index (χ3v) is 2.26. The zero-order chi connectivity index (χ0) is 15.0. The lowest BCUT2D eigenvalue weighted by Gasteiger charge is -2.19. The number of ether oxygens (including phenoxy) is 1. The van der Waals surface area contributed by atoms with Gasteiger partial charge in [-0.2, -0.15) is 0 Å². The van der Waals surface area contributed by atoms with Crippen LogP contribution in [0.2, 0.25) is 0 Å². The average molecular weight is 274 g/mol. The van der Waals surface area contributed by atoms with E-state index in [1.807, 2.05) is 45.0 Å². The van der Waals surface area contributed by atoms with Gasteiger partial charge in [0.05, 0.1) is 0 Å². The minimum Gasteiger partial charge on any atom is -0.444 e. The molecule has 0 bridgehead atoms. The summed E-state index contributed by atoms with van der Waals surface area (Å²) >= 11 is 0. The number of hydrogen-bond acceptors (Lipinski definition) is 3. The molecule has 0 aliphatic rings. The van der Waals surface area contributed by atoms with E-state index in [0.29, 0.717) is 19.5 Å². The number of alkyl carbamates (subject to hydrolysis) is 1. The number of carbonyl (C=O) groups is 1. The van der Waals surface area contributed by atoms with Crippen LogP contribution in [0.15, 0.2) is 24.3 Å². The van der Waals surface area contributed by atoms with E-state index in [1.165, 1.54) is 0 Å².